The first kappa shape index (κ1) is 10.4. The second-order valence-electron chi connectivity index (χ2n) is 2.26. The summed E-state index contributed by atoms with van der Waals surface area (Å²) < 4.78 is 1.02. The summed E-state index contributed by atoms with van der Waals surface area (Å²) in [7, 11) is 0. The van der Waals surface area contributed by atoms with E-state index >= 15 is 0 Å². The Kier molecular flexibility index (Phi) is 7.86. The fourth-order valence-corrected chi connectivity index (χ4v) is 1.27. The van der Waals surface area contributed by atoms with Crippen LogP contribution < -0.4 is 0 Å². The molecule has 1 N–H and O–H groups in total. The number of aliphatic hydroxyl groups excluding tert-OH is 1. The van der Waals surface area contributed by atoms with Gasteiger partial charge in [0.05, 0.1) is 6.10 Å². The minimum Gasteiger partial charge on any atom is -0.389 e. The number of allylic oxidation sites excluding steroid dienone is 1. The maximum atomic E-state index is 9.18. The molecule has 0 saturated carbocycles. The van der Waals surface area contributed by atoms with E-state index in [1.165, 1.54) is 0 Å². The van der Waals surface area contributed by atoms with Crippen LogP contribution in [0.25, 0.3) is 0 Å². The molecule has 0 aromatic carbocycles. The number of unbranched alkanes of at least 4 members (excludes halogenated alkanes) is 1. The van der Waals surface area contributed by atoms with Crippen LogP contribution in [0.1, 0.15) is 26.2 Å². The molecule has 0 aliphatic rings. The molecule has 0 aromatic rings. The first-order chi connectivity index (χ1) is 4.81. The van der Waals surface area contributed by atoms with Crippen LogP contribution >= 0.6 is 22.6 Å². The van der Waals surface area contributed by atoms with E-state index in [0.29, 0.717) is 0 Å². The van der Waals surface area contributed by atoms with Gasteiger partial charge in [-0.25, -0.2) is 0 Å². The van der Waals surface area contributed by atoms with E-state index in [9.17, 15) is 5.11 Å². The summed E-state index contributed by atoms with van der Waals surface area (Å²) in [6.45, 7) is 2.13. The lowest BCUT2D eigenvalue weighted by molar-refractivity contribution is 0.221. The number of halogens is 1. The van der Waals surface area contributed by atoms with Gasteiger partial charge in [-0.1, -0.05) is 48.1 Å². The second-order valence-corrected chi connectivity index (χ2v) is 3.34. The van der Waals surface area contributed by atoms with Gasteiger partial charge in [0.1, 0.15) is 0 Å². The highest BCUT2D eigenvalue weighted by Crippen LogP contribution is 1.99. The molecule has 0 aliphatic carbocycles. The average Bonchev–Trinajstić information content (AvgIpc) is 1.89. The van der Waals surface area contributed by atoms with Gasteiger partial charge in [-0.2, -0.15) is 0 Å². The Morgan fingerprint density at radius 1 is 1.60 bits per heavy atom. The third kappa shape index (κ3) is 6.55. The van der Waals surface area contributed by atoms with Crippen LogP contribution in [-0.2, 0) is 0 Å². The monoisotopic (exact) mass is 254 g/mol. The van der Waals surface area contributed by atoms with Gasteiger partial charge in [0, 0.05) is 4.43 Å². The number of aliphatic hydroxyl groups is 1. The molecule has 60 valence electrons. The van der Waals surface area contributed by atoms with Gasteiger partial charge in [-0.15, -0.1) is 0 Å². The third-order valence-corrected chi connectivity index (χ3v) is 1.84. The smallest absolute Gasteiger partial charge is 0.0728 e. The Morgan fingerprint density at radius 3 is 2.80 bits per heavy atom. The van der Waals surface area contributed by atoms with Crippen molar-refractivity contribution in [3.63, 3.8) is 0 Å². The van der Waals surface area contributed by atoms with Gasteiger partial charge in [-0.05, 0) is 12.8 Å². The topological polar surface area (TPSA) is 20.2 Å². The molecule has 1 atom stereocenters. The lowest BCUT2D eigenvalue weighted by atomic mass is 10.2. The fourth-order valence-electron chi connectivity index (χ4n) is 0.628. The summed E-state index contributed by atoms with van der Waals surface area (Å²) in [5.74, 6) is 0. The maximum Gasteiger partial charge on any atom is 0.0728 e. The van der Waals surface area contributed by atoms with Crippen LogP contribution in [0.2, 0.25) is 0 Å². The maximum absolute atomic E-state index is 9.18. The van der Waals surface area contributed by atoms with Gasteiger partial charge in [0.2, 0.25) is 0 Å². The van der Waals surface area contributed by atoms with E-state index < -0.39 is 0 Å². The zero-order valence-electron chi connectivity index (χ0n) is 6.39. The van der Waals surface area contributed by atoms with Gasteiger partial charge in [0.15, 0.2) is 0 Å². The van der Waals surface area contributed by atoms with Gasteiger partial charge < -0.3 is 5.11 Å². The van der Waals surface area contributed by atoms with E-state index in [1.54, 1.807) is 0 Å². The first-order valence-corrected chi connectivity index (χ1v) is 5.24. The highest BCUT2D eigenvalue weighted by Gasteiger charge is 1.94. The SMILES string of the molecule is CCC/C=C\C(O)CCI. The van der Waals surface area contributed by atoms with Gasteiger partial charge >= 0.3 is 0 Å². The van der Waals surface area contributed by atoms with Crippen LogP contribution in [0.5, 0.6) is 0 Å². The number of hydrogen-bond donors (Lipinski definition) is 1. The average molecular weight is 254 g/mol. The molecular weight excluding hydrogens is 239 g/mol. The van der Waals surface area contributed by atoms with Crippen molar-refractivity contribution in [2.75, 3.05) is 4.43 Å². The molecule has 0 radical (unpaired) electrons. The van der Waals surface area contributed by atoms with E-state index in [-0.39, 0.29) is 6.10 Å². The molecule has 1 nitrogen and oxygen atoms in total. The van der Waals surface area contributed by atoms with Gasteiger partial charge in [-0.3, -0.25) is 0 Å². The summed E-state index contributed by atoms with van der Waals surface area (Å²) in [6.07, 6.45) is 6.84. The second kappa shape index (κ2) is 7.54. The molecule has 0 bridgehead atoms. The molecule has 0 aromatic heterocycles. The zero-order valence-corrected chi connectivity index (χ0v) is 8.54. The van der Waals surface area contributed by atoms with Crippen molar-refractivity contribution >= 4 is 22.6 Å². The van der Waals surface area contributed by atoms with E-state index in [0.717, 1.165) is 23.7 Å². The zero-order chi connectivity index (χ0) is 7.82. The Balaban J connectivity index is 3.26. The third-order valence-electron chi connectivity index (χ3n) is 1.22. The summed E-state index contributed by atoms with van der Waals surface area (Å²) in [4.78, 5) is 0. The van der Waals surface area contributed by atoms with Crippen LogP contribution in [0.15, 0.2) is 12.2 Å². The Hall–Kier alpha value is 0.430. The highest BCUT2D eigenvalue weighted by atomic mass is 127. The molecular formula is C8H15IO. The van der Waals surface area contributed by atoms with Crippen LogP contribution in [0, 0.1) is 0 Å². The highest BCUT2D eigenvalue weighted by molar-refractivity contribution is 14.1. The van der Waals surface area contributed by atoms with Crippen molar-refractivity contribution in [3.8, 4) is 0 Å². The summed E-state index contributed by atoms with van der Waals surface area (Å²) >= 11 is 2.27. The lowest BCUT2D eigenvalue weighted by Gasteiger charge is -1.99. The van der Waals surface area contributed by atoms with Crippen LogP contribution in [-0.4, -0.2) is 15.6 Å². The molecule has 0 saturated heterocycles. The summed E-state index contributed by atoms with van der Waals surface area (Å²) in [5.41, 5.74) is 0. The summed E-state index contributed by atoms with van der Waals surface area (Å²) in [5, 5.41) is 9.18. The van der Waals surface area contributed by atoms with Crippen LogP contribution in [0.4, 0.5) is 0 Å². The molecule has 1 unspecified atom stereocenters. The van der Waals surface area contributed by atoms with Crippen LogP contribution in [0.3, 0.4) is 0 Å². The van der Waals surface area contributed by atoms with Crippen molar-refractivity contribution in [1.82, 2.24) is 0 Å². The van der Waals surface area contributed by atoms with Crippen molar-refractivity contribution in [2.24, 2.45) is 0 Å². The van der Waals surface area contributed by atoms with E-state index in [1.807, 2.05) is 6.08 Å². The van der Waals surface area contributed by atoms with E-state index in [2.05, 4.69) is 35.6 Å². The molecule has 0 rings (SSSR count). The summed E-state index contributed by atoms with van der Waals surface area (Å²) in [6, 6.07) is 0. The number of hydrogen-bond acceptors (Lipinski definition) is 1. The minimum atomic E-state index is -0.219. The molecule has 0 amide bonds. The Labute approximate surface area is 76.7 Å². The number of alkyl halides is 1. The largest absolute Gasteiger partial charge is 0.389 e. The van der Waals surface area contributed by atoms with Crippen molar-refractivity contribution in [3.05, 3.63) is 12.2 Å². The molecule has 0 heterocycles. The number of rotatable bonds is 5. The minimum absolute atomic E-state index is 0.219. The lowest BCUT2D eigenvalue weighted by Crippen LogP contribution is -2.01. The molecule has 0 fully saturated rings. The van der Waals surface area contributed by atoms with Crippen molar-refractivity contribution < 1.29 is 5.11 Å². The molecule has 0 aliphatic heterocycles. The van der Waals surface area contributed by atoms with E-state index in [4.69, 9.17) is 0 Å². The van der Waals surface area contributed by atoms with Crippen molar-refractivity contribution in [1.29, 1.82) is 0 Å². The quantitative estimate of drug-likeness (QED) is 0.454. The van der Waals surface area contributed by atoms with Crippen molar-refractivity contribution in [2.45, 2.75) is 32.3 Å². The Bertz CT molecular complexity index is 91.3. The normalized spacial score (nSPS) is 14.3. The molecule has 0 spiro atoms. The molecule has 2 heteroatoms. The predicted molar refractivity (Wildman–Crippen MR) is 53.6 cm³/mol. The first-order valence-electron chi connectivity index (χ1n) is 3.72. The van der Waals surface area contributed by atoms with Gasteiger partial charge in [0.25, 0.3) is 0 Å². The standard InChI is InChI=1S/C8H15IO/c1-2-3-4-5-8(10)6-7-9/h4-5,8,10H,2-3,6-7H2,1H3/b5-4-. The fraction of sp³-hybridized carbons (Fsp3) is 0.750. The Morgan fingerprint density at radius 2 is 2.30 bits per heavy atom. The molecule has 10 heavy (non-hydrogen) atoms. The predicted octanol–water partition coefficient (Wildman–Crippen LogP) is 2.53.